The van der Waals surface area contributed by atoms with E-state index in [4.69, 9.17) is 9.47 Å². The third kappa shape index (κ3) is 7.12. The number of carbonyl (C=O) groups is 2. The molecule has 0 atom stereocenters. The Kier molecular flexibility index (Phi) is 8.23. The molecule has 0 aromatic heterocycles. The first kappa shape index (κ1) is 25.9. The molecule has 0 radical (unpaired) electrons. The lowest BCUT2D eigenvalue weighted by Crippen LogP contribution is -2.25. The van der Waals surface area contributed by atoms with Crippen molar-refractivity contribution in [1.82, 2.24) is 0 Å². The quantitative estimate of drug-likeness (QED) is 0.150. The molecule has 0 aliphatic carbocycles. The van der Waals surface area contributed by atoms with Crippen LogP contribution in [-0.4, -0.2) is 18.5 Å². The number of benzene rings is 3. The van der Waals surface area contributed by atoms with Crippen LogP contribution in [0.25, 0.3) is 22.3 Å². The number of carbonyl (C=O) groups excluding carboxylic acids is 2. The van der Waals surface area contributed by atoms with Gasteiger partial charge in [0.1, 0.15) is 11.6 Å². The Morgan fingerprint density at radius 1 is 0.886 bits per heavy atom. The fraction of sp³-hybridized carbons (Fsp3) is 0.267. The molecule has 0 saturated heterocycles. The van der Waals surface area contributed by atoms with E-state index in [2.05, 4.69) is 6.58 Å². The van der Waals surface area contributed by atoms with Crippen LogP contribution in [0.4, 0.5) is 4.39 Å². The van der Waals surface area contributed by atoms with Gasteiger partial charge in [-0.25, -0.2) is 9.18 Å². The molecule has 0 aliphatic rings. The normalized spacial score (nSPS) is 11.1. The van der Waals surface area contributed by atoms with Gasteiger partial charge in [-0.05, 0) is 81.0 Å². The Hall–Kier alpha value is -3.73. The van der Waals surface area contributed by atoms with Crippen molar-refractivity contribution >= 4 is 11.9 Å². The lowest BCUT2D eigenvalue weighted by Gasteiger charge is -2.16. The fourth-order valence-corrected chi connectivity index (χ4v) is 3.32. The van der Waals surface area contributed by atoms with E-state index in [0.29, 0.717) is 29.1 Å². The van der Waals surface area contributed by atoms with Crippen LogP contribution in [0.5, 0.6) is 5.75 Å². The lowest BCUT2D eigenvalue weighted by atomic mass is 9.97. The molecule has 0 unspecified atom stereocenters. The topological polar surface area (TPSA) is 52.6 Å². The first-order chi connectivity index (χ1) is 16.5. The van der Waals surface area contributed by atoms with Gasteiger partial charge >= 0.3 is 11.9 Å². The number of halogens is 1. The molecule has 5 heteroatoms. The number of rotatable bonds is 8. The Bertz CT molecular complexity index is 1200. The van der Waals surface area contributed by atoms with E-state index in [-0.39, 0.29) is 17.8 Å². The molecule has 0 saturated carbocycles. The smallest absolute Gasteiger partial charge is 0.333 e. The number of ether oxygens (including phenoxy) is 2. The summed E-state index contributed by atoms with van der Waals surface area (Å²) in [6.07, 6.45) is 1.49. The van der Waals surface area contributed by atoms with Crippen molar-refractivity contribution in [3.05, 3.63) is 90.3 Å². The lowest BCUT2D eigenvalue weighted by molar-refractivity contribution is -0.143. The zero-order chi connectivity index (χ0) is 25.6. The zero-order valence-electron chi connectivity index (χ0n) is 20.7. The number of aryl methyl sites for hydroxylation is 1. The van der Waals surface area contributed by atoms with Crippen LogP contribution in [0.1, 0.15) is 39.7 Å². The number of hydrogen-bond acceptors (Lipinski definition) is 4. The minimum Gasteiger partial charge on any atom is -0.462 e. The highest BCUT2D eigenvalue weighted by Crippen LogP contribution is 2.30. The van der Waals surface area contributed by atoms with E-state index in [1.807, 2.05) is 30.3 Å². The minimum absolute atomic E-state index is 0.321. The number of hydrogen-bond donors (Lipinski definition) is 0. The molecular weight excluding hydrogens is 443 g/mol. The molecule has 35 heavy (non-hydrogen) atoms. The predicted molar refractivity (Wildman–Crippen MR) is 136 cm³/mol. The van der Waals surface area contributed by atoms with Crippen molar-refractivity contribution in [2.24, 2.45) is 5.41 Å². The van der Waals surface area contributed by atoms with Crippen molar-refractivity contribution in [3.63, 3.8) is 0 Å². The zero-order valence-corrected chi connectivity index (χ0v) is 20.7. The maximum absolute atomic E-state index is 15.0. The molecule has 4 nitrogen and oxygen atoms in total. The molecule has 0 bridgehead atoms. The first-order valence-corrected chi connectivity index (χ1v) is 11.6. The summed E-state index contributed by atoms with van der Waals surface area (Å²) in [5.41, 5.74) is 3.78. The molecule has 182 valence electrons. The third-order valence-corrected chi connectivity index (χ3v) is 5.44. The van der Waals surface area contributed by atoms with Gasteiger partial charge < -0.3 is 9.47 Å². The van der Waals surface area contributed by atoms with Crippen molar-refractivity contribution in [2.45, 2.75) is 40.5 Å². The SMILES string of the molecule is C=C(C)C(=O)OCCCc1ccc(-c2ccc(-c3ccc(OC(=O)C(C)(C)C)cc3)c(F)c2)cc1. The van der Waals surface area contributed by atoms with Crippen molar-refractivity contribution in [2.75, 3.05) is 6.61 Å². The van der Waals surface area contributed by atoms with E-state index in [1.165, 1.54) is 6.07 Å². The van der Waals surface area contributed by atoms with Gasteiger partial charge in [-0.3, -0.25) is 4.79 Å². The second-order valence-corrected chi connectivity index (χ2v) is 9.58. The third-order valence-electron chi connectivity index (χ3n) is 5.44. The molecule has 3 rings (SSSR count). The van der Waals surface area contributed by atoms with Crippen molar-refractivity contribution < 1.29 is 23.5 Å². The van der Waals surface area contributed by atoms with Gasteiger partial charge in [0, 0.05) is 11.1 Å². The van der Waals surface area contributed by atoms with Gasteiger partial charge in [-0.15, -0.1) is 0 Å². The van der Waals surface area contributed by atoms with E-state index in [0.717, 1.165) is 29.5 Å². The maximum atomic E-state index is 15.0. The largest absolute Gasteiger partial charge is 0.462 e. The standard InChI is InChI=1S/C30H31FO4/c1-20(2)28(32)34-18-6-7-21-8-10-22(11-9-21)24-14-17-26(27(31)19-24)23-12-15-25(16-13-23)35-29(33)30(3,4)5/h8-17,19H,1,6-7,18H2,2-5H3. The monoisotopic (exact) mass is 474 g/mol. The maximum Gasteiger partial charge on any atom is 0.333 e. The molecule has 0 fully saturated rings. The Balaban J connectivity index is 1.63. The summed E-state index contributed by atoms with van der Waals surface area (Å²) in [5.74, 6) is -0.589. The van der Waals surface area contributed by atoms with E-state index in [9.17, 15) is 14.0 Å². The Labute approximate surface area is 206 Å². The number of esters is 2. The molecule has 0 N–H and O–H groups in total. The van der Waals surface area contributed by atoms with E-state index < -0.39 is 5.41 Å². The molecule has 0 spiro atoms. The summed E-state index contributed by atoms with van der Waals surface area (Å²) in [6, 6.07) is 19.9. The van der Waals surface area contributed by atoms with E-state index >= 15 is 0 Å². The fourth-order valence-electron chi connectivity index (χ4n) is 3.32. The molecule has 0 heterocycles. The average molecular weight is 475 g/mol. The van der Waals surface area contributed by atoms with Crippen LogP contribution < -0.4 is 4.74 Å². The summed E-state index contributed by atoms with van der Waals surface area (Å²) in [6.45, 7) is 10.9. The summed E-state index contributed by atoms with van der Waals surface area (Å²) in [7, 11) is 0. The highest BCUT2D eigenvalue weighted by molar-refractivity contribution is 5.86. The highest BCUT2D eigenvalue weighted by Gasteiger charge is 2.23. The van der Waals surface area contributed by atoms with Crippen molar-refractivity contribution in [1.29, 1.82) is 0 Å². The van der Waals surface area contributed by atoms with Crippen LogP contribution in [0.15, 0.2) is 78.9 Å². The minimum atomic E-state index is -0.599. The van der Waals surface area contributed by atoms with Crippen molar-refractivity contribution in [3.8, 4) is 28.0 Å². The summed E-state index contributed by atoms with van der Waals surface area (Å²) < 4.78 is 25.5. The van der Waals surface area contributed by atoms with Gasteiger partial charge in [-0.2, -0.15) is 0 Å². The summed E-state index contributed by atoms with van der Waals surface area (Å²) in [4.78, 5) is 23.5. The van der Waals surface area contributed by atoms with Gasteiger partial charge in [0.25, 0.3) is 0 Å². The van der Waals surface area contributed by atoms with Crippen LogP contribution in [0.2, 0.25) is 0 Å². The molecular formula is C30H31FO4. The average Bonchev–Trinajstić information content (AvgIpc) is 2.82. The summed E-state index contributed by atoms with van der Waals surface area (Å²) in [5, 5.41) is 0. The van der Waals surface area contributed by atoms with Gasteiger partial charge in [0.05, 0.1) is 12.0 Å². The van der Waals surface area contributed by atoms with Gasteiger partial charge in [0.15, 0.2) is 0 Å². The second-order valence-electron chi connectivity index (χ2n) is 9.58. The van der Waals surface area contributed by atoms with Gasteiger partial charge in [-0.1, -0.05) is 55.1 Å². The highest BCUT2D eigenvalue weighted by atomic mass is 19.1. The first-order valence-electron chi connectivity index (χ1n) is 11.6. The predicted octanol–water partition coefficient (Wildman–Crippen LogP) is 7.16. The molecule has 3 aromatic carbocycles. The molecule has 0 amide bonds. The Morgan fingerprint density at radius 2 is 1.49 bits per heavy atom. The van der Waals surface area contributed by atoms with Crippen LogP contribution in [-0.2, 0) is 20.7 Å². The molecule has 0 aliphatic heterocycles. The van der Waals surface area contributed by atoms with E-state index in [1.54, 1.807) is 58.0 Å². The summed E-state index contributed by atoms with van der Waals surface area (Å²) >= 11 is 0. The van der Waals surface area contributed by atoms with Crippen LogP contribution in [0, 0.1) is 11.2 Å². The molecule has 3 aromatic rings. The van der Waals surface area contributed by atoms with Crippen LogP contribution in [0.3, 0.4) is 0 Å². The second kappa shape index (κ2) is 11.1. The Morgan fingerprint density at radius 3 is 2.06 bits per heavy atom. The van der Waals surface area contributed by atoms with Crippen LogP contribution >= 0.6 is 0 Å². The van der Waals surface area contributed by atoms with Gasteiger partial charge in [0.2, 0.25) is 0 Å².